The van der Waals surface area contributed by atoms with E-state index in [9.17, 15) is 4.79 Å². The lowest BCUT2D eigenvalue weighted by atomic mass is 9.91. The zero-order chi connectivity index (χ0) is 14.7. The van der Waals surface area contributed by atoms with Crippen molar-refractivity contribution in [2.45, 2.75) is 44.7 Å². The number of amides is 1. The van der Waals surface area contributed by atoms with Crippen LogP contribution in [0.1, 0.15) is 43.0 Å². The van der Waals surface area contributed by atoms with Crippen molar-refractivity contribution < 1.29 is 4.79 Å². The molecule has 0 aromatic carbocycles. The van der Waals surface area contributed by atoms with Crippen LogP contribution >= 0.6 is 0 Å². The minimum atomic E-state index is -0.0510. The zero-order valence-electron chi connectivity index (χ0n) is 12.2. The molecule has 0 aliphatic heterocycles. The van der Waals surface area contributed by atoms with E-state index in [-0.39, 0.29) is 11.9 Å². The molecule has 2 heterocycles. The molecule has 0 bridgehead atoms. The van der Waals surface area contributed by atoms with Crippen LogP contribution in [-0.2, 0) is 0 Å². The number of aromatic nitrogens is 3. The van der Waals surface area contributed by atoms with Gasteiger partial charge in [0, 0.05) is 24.5 Å². The first-order chi connectivity index (χ1) is 10.3. The van der Waals surface area contributed by atoms with Crippen LogP contribution in [0.5, 0.6) is 0 Å². The van der Waals surface area contributed by atoms with Crippen molar-refractivity contribution in [3.63, 3.8) is 0 Å². The molecule has 112 valence electrons. The molecule has 0 radical (unpaired) electrons. The Hall–Kier alpha value is -1.95. The van der Waals surface area contributed by atoms with Gasteiger partial charge < -0.3 is 10.6 Å². The van der Waals surface area contributed by atoms with Gasteiger partial charge in [-0.3, -0.25) is 9.78 Å². The van der Waals surface area contributed by atoms with Crippen LogP contribution in [0.4, 0.5) is 0 Å². The summed E-state index contributed by atoms with van der Waals surface area (Å²) >= 11 is 0. The summed E-state index contributed by atoms with van der Waals surface area (Å²) in [6.45, 7) is 3.14. The van der Waals surface area contributed by atoms with Crippen LogP contribution in [0.15, 0.2) is 24.8 Å². The monoisotopic (exact) mass is 287 g/mol. The summed E-state index contributed by atoms with van der Waals surface area (Å²) in [5.41, 5.74) is 1.34. The average molecular weight is 287 g/mol. The van der Waals surface area contributed by atoms with E-state index in [1.165, 1.54) is 0 Å². The van der Waals surface area contributed by atoms with E-state index in [0.717, 1.165) is 37.7 Å². The highest BCUT2D eigenvalue weighted by molar-refractivity contribution is 6.00. The molecule has 21 heavy (non-hydrogen) atoms. The molecule has 1 fully saturated rings. The second kappa shape index (κ2) is 6.22. The van der Waals surface area contributed by atoms with E-state index in [0.29, 0.717) is 11.6 Å². The van der Waals surface area contributed by atoms with Gasteiger partial charge in [0.05, 0.1) is 23.5 Å². The first-order valence-electron chi connectivity index (χ1n) is 7.59. The van der Waals surface area contributed by atoms with Crippen LogP contribution in [0.2, 0.25) is 0 Å². The maximum atomic E-state index is 12.4. The zero-order valence-corrected chi connectivity index (χ0v) is 12.2. The molecule has 3 rings (SSSR count). The number of rotatable bonds is 4. The maximum absolute atomic E-state index is 12.4. The lowest BCUT2D eigenvalue weighted by Crippen LogP contribution is -2.42. The van der Waals surface area contributed by atoms with Gasteiger partial charge >= 0.3 is 0 Å². The Kier molecular flexibility index (Phi) is 4.15. The lowest BCUT2D eigenvalue weighted by molar-refractivity contribution is 0.0926. The quantitative estimate of drug-likeness (QED) is 0.891. The van der Waals surface area contributed by atoms with Gasteiger partial charge in [-0.1, -0.05) is 6.92 Å². The maximum Gasteiger partial charge on any atom is 0.255 e. The molecule has 2 aromatic rings. The van der Waals surface area contributed by atoms with Gasteiger partial charge in [-0.05, 0) is 32.2 Å². The topological polar surface area (TPSA) is 71.3 Å². The standard InChI is InChI=1S/C15H21N5O/c1-2-17-11-3-5-12(6-4-11)19-15(21)13-9-18-20-8-7-16-10-14(13)20/h7-12,17H,2-6H2,1H3,(H,19,21). The summed E-state index contributed by atoms with van der Waals surface area (Å²) in [4.78, 5) is 16.4. The summed E-state index contributed by atoms with van der Waals surface area (Å²) < 4.78 is 1.67. The molecule has 2 aromatic heterocycles. The van der Waals surface area contributed by atoms with Crippen LogP contribution in [0.25, 0.3) is 5.52 Å². The van der Waals surface area contributed by atoms with Crippen LogP contribution < -0.4 is 10.6 Å². The van der Waals surface area contributed by atoms with Gasteiger partial charge in [0.2, 0.25) is 0 Å². The predicted octanol–water partition coefficient (Wildman–Crippen LogP) is 1.38. The molecule has 0 spiro atoms. The number of carbonyl (C=O) groups is 1. The van der Waals surface area contributed by atoms with Crippen LogP contribution in [0, 0.1) is 0 Å². The van der Waals surface area contributed by atoms with Gasteiger partial charge in [-0.15, -0.1) is 0 Å². The van der Waals surface area contributed by atoms with Crippen molar-refractivity contribution in [3.8, 4) is 0 Å². The third kappa shape index (κ3) is 3.05. The van der Waals surface area contributed by atoms with Gasteiger partial charge in [-0.2, -0.15) is 5.10 Å². The highest BCUT2D eigenvalue weighted by atomic mass is 16.1. The normalized spacial score (nSPS) is 22.3. The number of nitrogens with zero attached hydrogens (tertiary/aromatic N) is 3. The predicted molar refractivity (Wildman–Crippen MR) is 80.2 cm³/mol. The first kappa shape index (κ1) is 14.0. The average Bonchev–Trinajstić information content (AvgIpc) is 2.93. The van der Waals surface area contributed by atoms with Gasteiger partial charge in [0.15, 0.2) is 0 Å². The molecular weight excluding hydrogens is 266 g/mol. The number of fused-ring (bicyclic) bond motifs is 1. The van der Waals surface area contributed by atoms with E-state index in [2.05, 4.69) is 27.6 Å². The highest BCUT2D eigenvalue weighted by Crippen LogP contribution is 2.19. The van der Waals surface area contributed by atoms with Gasteiger partial charge in [0.25, 0.3) is 5.91 Å². The van der Waals surface area contributed by atoms with Crippen molar-refractivity contribution >= 4 is 11.4 Å². The Labute approximate surface area is 123 Å². The number of carbonyl (C=O) groups excluding carboxylic acids is 1. The van der Waals surface area contributed by atoms with Crippen molar-refractivity contribution in [2.24, 2.45) is 0 Å². The fourth-order valence-corrected chi connectivity index (χ4v) is 3.00. The Morgan fingerprint density at radius 1 is 1.29 bits per heavy atom. The van der Waals surface area contributed by atoms with Crippen LogP contribution in [0.3, 0.4) is 0 Å². The number of hydrogen-bond donors (Lipinski definition) is 2. The van der Waals surface area contributed by atoms with Crippen LogP contribution in [-0.4, -0.2) is 39.1 Å². The van der Waals surface area contributed by atoms with Gasteiger partial charge in [-0.25, -0.2) is 4.52 Å². The van der Waals surface area contributed by atoms with E-state index in [1.54, 1.807) is 29.3 Å². The molecule has 1 saturated carbocycles. The third-order valence-corrected chi connectivity index (χ3v) is 4.12. The van der Waals surface area contributed by atoms with Crippen molar-refractivity contribution in [2.75, 3.05) is 6.54 Å². The second-order valence-corrected chi connectivity index (χ2v) is 5.54. The van der Waals surface area contributed by atoms with E-state index in [4.69, 9.17) is 0 Å². The molecule has 6 heteroatoms. The highest BCUT2D eigenvalue weighted by Gasteiger charge is 2.23. The molecule has 1 aliphatic carbocycles. The Bertz CT molecular complexity index is 615. The summed E-state index contributed by atoms with van der Waals surface area (Å²) in [6, 6.07) is 0.864. The number of nitrogens with one attached hydrogen (secondary N) is 2. The fourth-order valence-electron chi connectivity index (χ4n) is 3.00. The SMILES string of the molecule is CCNC1CCC(NC(=O)c2cnn3ccncc23)CC1. The Morgan fingerprint density at radius 3 is 2.81 bits per heavy atom. The Morgan fingerprint density at radius 2 is 2.05 bits per heavy atom. The van der Waals surface area contributed by atoms with Gasteiger partial charge in [0.1, 0.15) is 0 Å². The van der Waals surface area contributed by atoms with Crippen molar-refractivity contribution in [1.82, 2.24) is 25.2 Å². The number of hydrogen-bond acceptors (Lipinski definition) is 4. The molecule has 6 nitrogen and oxygen atoms in total. The molecule has 2 N–H and O–H groups in total. The van der Waals surface area contributed by atoms with Crippen molar-refractivity contribution in [1.29, 1.82) is 0 Å². The molecular formula is C15H21N5O. The summed E-state index contributed by atoms with van der Waals surface area (Å²) in [6.07, 6.45) is 11.0. The Balaban J connectivity index is 1.62. The summed E-state index contributed by atoms with van der Waals surface area (Å²) in [7, 11) is 0. The van der Waals surface area contributed by atoms with E-state index < -0.39 is 0 Å². The minimum Gasteiger partial charge on any atom is -0.349 e. The molecule has 1 amide bonds. The lowest BCUT2D eigenvalue weighted by Gasteiger charge is -2.29. The largest absolute Gasteiger partial charge is 0.349 e. The summed E-state index contributed by atoms with van der Waals surface area (Å²) in [5, 5.41) is 10.8. The van der Waals surface area contributed by atoms with E-state index in [1.807, 2.05) is 0 Å². The molecule has 0 unspecified atom stereocenters. The smallest absolute Gasteiger partial charge is 0.255 e. The molecule has 0 saturated heterocycles. The summed E-state index contributed by atoms with van der Waals surface area (Å²) in [5.74, 6) is -0.0510. The molecule has 0 atom stereocenters. The second-order valence-electron chi connectivity index (χ2n) is 5.54. The van der Waals surface area contributed by atoms with Crippen molar-refractivity contribution in [3.05, 3.63) is 30.4 Å². The minimum absolute atomic E-state index is 0.0510. The third-order valence-electron chi connectivity index (χ3n) is 4.12. The fraction of sp³-hybridized carbons (Fsp3) is 0.533. The van der Waals surface area contributed by atoms with E-state index >= 15 is 0 Å². The first-order valence-corrected chi connectivity index (χ1v) is 7.59. The molecule has 1 aliphatic rings.